The fraction of sp³-hybridized carbons (Fsp3) is 0.562. The van der Waals surface area contributed by atoms with Crippen molar-refractivity contribution in [2.75, 3.05) is 19.8 Å². The Bertz CT molecular complexity index is 425. The SMILES string of the molecule is Cc1ccc([C@@H](C)NCC(=O)NC2CCOCC2)cc1. The summed E-state index contributed by atoms with van der Waals surface area (Å²) in [7, 11) is 0. The van der Waals surface area contributed by atoms with Gasteiger partial charge in [0.25, 0.3) is 0 Å². The Labute approximate surface area is 120 Å². The summed E-state index contributed by atoms with van der Waals surface area (Å²) in [6, 6.07) is 8.83. The van der Waals surface area contributed by atoms with E-state index in [0.29, 0.717) is 6.54 Å². The lowest BCUT2D eigenvalue weighted by molar-refractivity contribution is -0.121. The van der Waals surface area contributed by atoms with Crippen molar-refractivity contribution in [2.45, 2.75) is 38.8 Å². The van der Waals surface area contributed by atoms with Crippen LogP contribution in [0, 0.1) is 6.92 Å². The molecule has 2 rings (SSSR count). The lowest BCUT2D eigenvalue weighted by atomic mass is 10.1. The van der Waals surface area contributed by atoms with Crippen LogP contribution in [0.3, 0.4) is 0 Å². The van der Waals surface area contributed by atoms with Crippen LogP contribution < -0.4 is 10.6 Å². The first kappa shape index (κ1) is 15.0. The minimum atomic E-state index is 0.0656. The number of hydrogen-bond acceptors (Lipinski definition) is 3. The highest BCUT2D eigenvalue weighted by Gasteiger charge is 2.16. The van der Waals surface area contributed by atoms with E-state index in [2.05, 4.69) is 48.7 Å². The van der Waals surface area contributed by atoms with Crippen molar-refractivity contribution < 1.29 is 9.53 Å². The summed E-state index contributed by atoms with van der Waals surface area (Å²) in [6.07, 6.45) is 1.83. The Morgan fingerprint density at radius 1 is 1.30 bits per heavy atom. The van der Waals surface area contributed by atoms with E-state index in [4.69, 9.17) is 4.74 Å². The van der Waals surface area contributed by atoms with E-state index >= 15 is 0 Å². The molecular weight excluding hydrogens is 252 g/mol. The second-order valence-corrected chi connectivity index (χ2v) is 5.47. The summed E-state index contributed by atoms with van der Waals surface area (Å²) in [5.41, 5.74) is 2.45. The summed E-state index contributed by atoms with van der Waals surface area (Å²) >= 11 is 0. The lowest BCUT2D eigenvalue weighted by Gasteiger charge is -2.23. The highest BCUT2D eigenvalue weighted by molar-refractivity contribution is 5.78. The molecule has 1 aliphatic rings. The van der Waals surface area contributed by atoms with E-state index in [1.54, 1.807) is 0 Å². The van der Waals surface area contributed by atoms with Crippen LogP contribution >= 0.6 is 0 Å². The molecule has 20 heavy (non-hydrogen) atoms. The second kappa shape index (κ2) is 7.41. The molecule has 1 fully saturated rings. The smallest absolute Gasteiger partial charge is 0.234 e. The minimum Gasteiger partial charge on any atom is -0.381 e. The number of nitrogens with one attached hydrogen (secondary N) is 2. The van der Waals surface area contributed by atoms with Gasteiger partial charge in [-0.3, -0.25) is 4.79 Å². The molecule has 1 saturated heterocycles. The number of hydrogen-bond donors (Lipinski definition) is 2. The zero-order valence-electron chi connectivity index (χ0n) is 12.3. The van der Waals surface area contributed by atoms with Gasteiger partial charge in [-0.1, -0.05) is 29.8 Å². The Balaban J connectivity index is 1.73. The predicted octanol–water partition coefficient (Wildman–Crippen LogP) is 1.94. The van der Waals surface area contributed by atoms with Gasteiger partial charge >= 0.3 is 0 Å². The first-order chi connectivity index (χ1) is 9.65. The number of amides is 1. The maximum atomic E-state index is 11.9. The van der Waals surface area contributed by atoms with Gasteiger partial charge in [0.1, 0.15) is 0 Å². The maximum Gasteiger partial charge on any atom is 0.234 e. The molecule has 0 spiro atoms. The molecule has 0 unspecified atom stereocenters. The maximum absolute atomic E-state index is 11.9. The molecule has 0 aliphatic carbocycles. The molecule has 0 saturated carbocycles. The number of aryl methyl sites for hydroxylation is 1. The molecule has 1 heterocycles. The molecule has 1 aliphatic heterocycles. The average Bonchev–Trinajstić information content (AvgIpc) is 2.46. The molecule has 4 nitrogen and oxygen atoms in total. The van der Waals surface area contributed by atoms with Gasteiger partial charge in [-0.15, -0.1) is 0 Å². The molecule has 1 aromatic carbocycles. The van der Waals surface area contributed by atoms with Crippen LogP contribution in [0.5, 0.6) is 0 Å². The normalized spacial score (nSPS) is 17.7. The molecule has 0 aromatic heterocycles. The first-order valence-corrected chi connectivity index (χ1v) is 7.32. The third-order valence-corrected chi connectivity index (χ3v) is 3.73. The molecule has 1 atom stereocenters. The van der Waals surface area contributed by atoms with Crippen molar-refractivity contribution in [3.8, 4) is 0 Å². The third kappa shape index (κ3) is 4.62. The van der Waals surface area contributed by atoms with E-state index in [-0.39, 0.29) is 18.0 Å². The summed E-state index contributed by atoms with van der Waals surface area (Å²) in [6.45, 7) is 6.00. The van der Waals surface area contributed by atoms with Crippen LogP contribution in [0.25, 0.3) is 0 Å². The van der Waals surface area contributed by atoms with E-state index in [1.165, 1.54) is 11.1 Å². The third-order valence-electron chi connectivity index (χ3n) is 3.73. The number of rotatable bonds is 5. The number of benzene rings is 1. The molecule has 0 radical (unpaired) electrons. The largest absolute Gasteiger partial charge is 0.381 e. The van der Waals surface area contributed by atoms with E-state index in [0.717, 1.165) is 26.1 Å². The lowest BCUT2D eigenvalue weighted by Crippen LogP contribution is -2.43. The Hall–Kier alpha value is -1.39. The van der Waals surface area contributed by atoms with Crippen molar-refractivity contribution in [1.29, 1.82) is 0 Å². The number of carbonyl (C=O) groups is 1. The van der Waals surface area contributed by atoms with E-state index < -0.39 is 0 Å². The zero-order chi connectivity index (χ0) is 14.4. The van der Waals surface area contributed by atoms with Gasteiger partial charge in [-0.2, -0.15) is 0 Å². The van der Waals surface area contributed by atoms with Crippen LogP contribution in [0.4, 0.5) is 0 Å². The van der Waals surface area contributed by atoms with E-state index in [9.17, 15) is 4.79 Å². The zero-order valence-corrected chi connectivity index (χ0v) is 12.3. The molecule has 4 heteroatoms. The predicted molar refractivity (Wildman–Crippen MR) is 79.6 cm³/mol. The summed E-state index contributed by atoms with van der Waals surface area (Å²) in [4.78, 5) is 11.9. The summed E-state index contributed by atoms with van der Waals surface area (Å²) in [5, 5.41) is 6.32. The standard InChI is InChI=1S/C16H24N2O2/c1-12-3-5-14(6-4-12)13(2)17-11-16(19)18-15-7-9-20-10-8-15/h3-6,13,15,17H,7-11H2,1-2H3,(H,18,19)/t13-/m1/s1. The molecule has 1 amide bonds. The van der Waals surface area contributed by atoms with Gasteiger partial charge in [0.2, 0.25) is 5.91 Å². The van der Waals surface area contributed by atoms with Crippen molar-refractivity contribution in [2.24, 2.45) is 0 Å². The quantitative estimate of drug-likeness (QED) is 0.864. The average molecular weight is 276 g/mol. The monoisotopic (exact) mass is 276 g/mol. The van der Waals surface area contributed by atoms with Crippen LogP contribution in [0.1, 0.15) is 36.9 Å². The highest BCUT2D eigenvalue weighted by Crippen LogP contribution is 2.12. The van der Waals surface area contributed by atoms with Crippen LogP contribution in [0.15, 0.2) is 24.3 Å². The van der Waals surface area contributed by atoms with Gasteiger partial charge in [0.15, 0.2) is 0 Å². The first-order valence-electron chi connectivity index (χ1n) is 7.32. The topological polar surface area (TPSA) is 50.4 Å². The van der Waals surface area contributed by atoms with E-state index in [1.807, 2.05) is 0 Å². The van der Waals surface area contributed by atoms with Crippen molar-refractivity contribution in [3.05, 3.63) is 35.4 Å². The van der Waals surface area contributed by atoms with Crippen molar-refractivity contribution in [1.82, 2.24) is 10.6 Å². The van der Waals surface area contributed by atoms with Crippen LogP contribution in [-0.4, -0.2) is 31.7 Å². The summed E-state index contributed by atoms with van der Waals surface area (Å²) in [5.74, 6) is 0.0656. The molecule has 1 aromatic rings. The van der Waals surface area contributed by atoms with Gasteiger partial charge in [0, 0.05) is 25.3 Å². The van der Waals surface area contributed by atoms with Gasteiger partial charge in [0.05, 0.1) is 6.54 Å². The Morgan fingerprint density at radius 3 is 2.60 bits per heavy atom. The summed E-state index contributed by atoms with van der Waals surface area (Å²) < 4.78 is 5.28. The fourth-order valence-corrected chi connectivity index (χ4v) is 2.34. The van der Waals surface area contributed by atoms with Crippen molar-refractivity contribution >= 4 is 5.91 Å². The molecule has 2 N–H and O–H groups in total. The highest BCUT2D eigenvalue weighted by atomic mass is 16.5. The van der Waals surface area contributed by atoms with Crippen LogP contribution in [0.2, 0.25) is 0 Å². The molecule has 0 bridgehead atoms. The fourth-order valence-electron chi connectivity index (χ4n) is 2.34. The second-order valence-electron chi connectivity index (χ2n) is 5.47. The van der Waals surface area contributed by atoms with Crippen molar-refractivity contribution in [3.63, 3.8) is 0 Å². The minimum absolute atomic E-state index is 0.0656. The van der Waals surface area contributed by atoms with Gasteiger partial charge in [-0.25, -0.2) is 0 Å². The van der Waals surface area contributed by atoms with Gasteiger partial charge in [-0.05, 0) is 32.3 Å². The van der Waals surface area contributed by atoms with Gasteiger partial charge < -0.3 is 15.4 Å². The molecular formula is C16H24N2O2. The number of ether oxygens (including phenoxy) is 1. The number of carbonyl (C=O) groups excluding carboxylic acids is 1. The Kier molecular flexibility index (Phi) is 5.56. The Morgan fingerprint density at radius 2 is 1.95 bits per heavy atom. The van der Waals surface area contributed by atoms with Crippen LogP contribution in [-0.2, 0) is 9.53 Å². The molecule has 110 valence electrons.